The third-order valence-electron chi connectivity index (χ3n) is 8.55. The lowest BCUT2D eigenvalue weighted by Crippen LogP contribution is -2.59. The zero-order chi connectivity index (χ0) is 22.7. The maximum Gasteiger partial charge on any atom is 0.402 e. The first-order valence-electron chi connectivity index (χ1n) is 11.7. The van der Waals surface area contributed by atoms with Gasteiger partial charge in [-0.3, -0.25) is 14.5 Å². The summed E-state index contributed by atoms with van der Waals surface area (Å²) in [5.74, 6) is 1.60. The number of hydrogen-bond acceptors (Lipinski definition) is 3. The van der Waals surface area contributed by atoms with Crippen LogP contribution in [-0.4, -0.2) is 44.9 Å². The molecule has 1 aliphatic heterocycles. The van der Waals surface area contributed by atoms with Crippen molar-refractivity contribution in [1.82, 2.24) is 4.90 Å². The molecule has 32 heavy (non-hydrogen) atoms. The first kappa shape index (κ1) is 21.3. The number of carbonyl (C=O) groups is 2. The highest BCUT2D eigenvalue weighted by atomic mass is 16.4. The van der Waals surface area contributed by atoms with Crippen LogP contribution in [0, 0.1) is 29.7 Å². The average molecular weight is 438 g/mol. The van der Waals surface area contributed by atoms with Crippen LogP contribution in [0.25, 0.3) is 4.85 Å². The fourth-order valence-corrected chi connectivity index (χ4v) is 8.03. The fourth-order valence-electron chi connectivity index (χ4n) is 8.03. The summed E-state index contributed by atoms with van der Waals surface area (Å²) in [6.07, 6.45) is 6.23. The molecule has 3 unspecified atom stereocenters. The molecule has 2 amide bonds. The van der Waals surface area contributed by atoms with Crippen LogP contribution in [0.1, 0.15) is 62.8 Å². The van der Waals surface area contributed by atoms with E-state index in [-0.39, 0.29) is 29.4 Å². The van der Waals surface area contributed by atoms with Crippen LogP contribution >= 0.6 is 0 Å². The van der Waals surface area contributed by atoms with E-state index in [0.717, 1.165) is 50.5 Å². The molecule has 1 saturated heterocycles. The molecule has 1 aromatic rings. The summed E-state index contributed by atoms with van der Waals surface area (Å²) in [5, 5.41) is 18.5. The number of rotatable bonds is 3. The number of benzene rings is 1. The van der Waals surface area contributed by atoms with Gasteiger partial charge in [0.1, 0.15) is 0 Å². The fraction of sp³-hybridized carbons (Fsp3) is 0.640. The van der Waals surface area contributed by atoms with Gasteiger partial charge in [-0.2, -0.15) is 0 Å². The molecule has 4 bridgehead atoms. The number of carboxylic acid groups (broad SMARTS) is 1. The van der Waals surface area contributed by atoms with Crippen molar-refractivity contribution in [3.05, 3.63) is 47.3 Å². The van der Waals surface area contributed by atoms with Crippen LogP contribution in [0.15, 0.2) is 30.3 Å². The number of amides is 2. The Bertz CT molecular complexity index is 940. The van der Waals surface area contributed by atoms with Gasteiger partial charge in [-0.05, 0) is 73.7 Å². The molecule has 4 N–H and O–H groups in total. The summed E-state index contributed by atoms with van der Waals surface area (Å²) < 4.78 is 0. The molecule has 7 nitrogen and oxygen atoms in total. The highest BCUT2D eigenvalue weighted by Crippen LogP contribution is 2.66. The SMILES string of the molecule is NC(=O)O.[C-]#[N+][C@@H]1C[C@@H]2CC2N1C(=O)[C@@H](c1ccccc1)C12CC3CC(CC(O)(C3)C1)C2. The minimum atomic E-state index is -1.33. The van der Waals surface area contributed by atoms with Crippen LogP contribution in [0.4, 0.5) is 4.79 Å². The molecule has 1 aromatic carbocycles. The van der Waals surface area contributed by atoms with Gasteiger partial charge >= 0.3 is 12.3 Å². The number of primary amides is 1. The Labute approximate surface area is 188 Å². The number of hydrogen-bond donors (Lipinski definition) is 3. The number of aliphatic hydroxyl groups is 1. The molecule has 5 aliphatic carbocycles. The Morgan fingerprint density at radius 2 is 1.72 bits per heavy atom. The average Bonchev–Trinajstić information content (AvgIpc) is 3.36. The molecule has 5 saturated carbocycles. The summed E-state index contributed by atoms with van der Waals surface area (Å²) in [4.78, 5) is 28.6. The number of nitrogens with two attached hydrogens (primary N) is 1. The Morgan fingerprint density at radius 3 is 2.28 bits per heavy atom. The van der Waals surface area contributed by atoms with Gasteiger partial charge in [0.05, 0.1) is 11.5 Å². The first-order valence-corrected chi connectivity index (χ1v) is 11.7. The monoisotopic (exact) mass is 437 g/mol. The lowest BCUT2D eigenvalue weighted by atomic mass is 9.44. The molecule has 6 aliphatic rings. The summed E-state index contributed by atoms with van der Waals surface area (Å²) in [6, 6.07) is 10.5. The van der Waals surface area contributed by atoms with E-state index >= 15 is 0 Å². The zero-order valence-corrected chi connectivity index (χ0v) is 18.2. The first-order chi connectivity index (χ1) is 15.2. The lowest BCUT2D eigenvalue weighted by Gasteiger charge is -2.62. The van der Waals surface area contributed by atoms with Crippen LogP contribution in [-0.2, 0) is 4.79 Å². The maximum absolute atomic E-state index is 14.1. The molecule has 170 valence electrons. The third-order valence-corrected chi connectivity index (χ3v) is 8.55. The van der Waals surface area contributed by atoms with Crippen molar-refractivity contribution in [2.24, 2.45) is 28.9 Å². The largest absolute Gasteiger partial charge is 0.465 e. The summed E-state index contributed by atoms with van der Waals surface area (Å²) in [5.41, 5.74) is 4.39. The standard InChI is InChI=1S/C24H28N2O2.CH3NO2/c1-25-20-9-18-8-19(18)26(20)22(27)21(17-5-3-2-4-6-17)23-10-15-7-16(11-23)13-24(28,12-15)14-23;2-1(3)4/h2-6,15-16,18-21,28H,7-14H2;2H2,(H,3,4)/t15?,16?,18-,19?,20-,21+,23?,24?;/m0./s1. The number of likely N-dealkylation sites (tertiary alicyclic amines) is 1. The van der Waals surface area contributed by atoms with Crippen molar-refractivity contribution in [1.29, 1.82) is 0 Å². The quantitative estimate of drug-likeness (QED) is 0.628. The van der Waals surface area contributed by atoms with Gasteiger partial charge in [-0.15, -0.1) is 0 Å². The summed E-state index contributed by atoms with van der Waals surface area (Å²) >= 11 is 0. The molecule has 0 aromatic heterocycles. The highest BCUT2D eigenvalue weighted by Gasteiger charge is 2.64. The second-order valence-corrected chi connectivity index (χ2v) is 10.9. The van der Waals surface area contributed by atoms with Crippen LogP contribution < -0.4 is 5.73 Å². The van der Waals surface area contributed by atoms with Gasteiger partial charge in [-0.1, -0.05) is 30.3 Å². The Kier molecular flexibility index (Phi) is 4.97. The van der Waals surface area contributed by atoms with Crippen molar-refractivity contribution >= 4 is 12.0 Å². The minimum Gasteiger partial charge on any atom is -0.465 e. The zero-order valence-electron chi connectivity index (χ0n) is 18.2. The summed E-state index contributed by atoms with van der Waals surface area (Å²) in [7, 11) is 0. The second-order valence-electron chi connectivity index (χ2n) is 10.9. The predicted molar refractivity (Wildman–Crippen MR) is 117 cm³/mol. The van der Waals surface area contributed by atoms with Crippen LogP contribution in [0.5, 0.6) is 0 Å². The highest BCUT2D eigenvalue weighted by molar-refractivity contribution is 5.86. The number of piperidine rings is 1. The molecule has 1 heterocycles. The molecular formula is C25H31N3O4. The van der Waals surface area contributed by atoms with Crippen molar-refractivity contribution in [3.8, 4) is 0 Å². The van der Waals surface area contributed by atoms with Gasteiger partial charge in [-0.25, -0.2) is 11.4 Å². The molecule has 6 fully saturated rings. The van der Waals surface area contributed by atoms with E-state index in [1.807, 2.05) is 23.1 Å². The second kappa shape index (κ2) is 7.48. The molecule has 6 atom stereocenters. The Morgan fingerprint density at radius 1 is 1.09 bits per heavy atom. The third kappa shape index (κ3) is 3.55. The molecular weight excluding hydrogens is 406 g/mol. The molecule has 7 rings (SSSR count). The van der Waals surface area contributed by atoms with Gasteiger partial charge in [0.2, 0.25) is 5.91 Å². The minimum absolute atomic E-state index is 0.142. The smallest absolute Gasteiger partial charge is 0.402 e. The molecule has 0 spiro atoms. The predicted octanol–water partition coefficient (Wildman–Crippen LogP) is 3.59. The van der Waals surface area contributed by atoms with E-state index in [2.05, 4.69) is 22.7 Å². The van der Waals surface area contributed by atoms with E-state index in [9.17, 15) is 9.90 Å². The number of carbonyl (C=O) groups excluding carboxylic acids is 1. The molecule has 0 radical (unpaired) electrons. The normalized spacial score (nSPS) is 41.1. The van der Waals surface area contributed by atoms with Crippen molar-refractivity contribution < 1.29 is 19.8 Å². The Balaban J connectivity index is 0.000000501. The van der Waals surface area contributed by atoms with E-state index < -0.39 is 11.7 Å². The Hall–Kier alpha value is -2.59. The number of nitrogens with zero attached hydrogens (tertiary/aromatic N) is 2. The van der Waals surface area contributed by atoms with Crippen molar-refractivity contribution in [3.63, 3.8) is 0 Å². The van der Waals surface area contributed by atoms with Gasteiger partial charge in [0.25, 0.3) is 0 Å². The van der Waals surface area contributed by atoms with E-state index in [4.69, 9.17) is 16.5 Å². The van der Waals surface area contributed by atoms with Gasteiger partial charge in [0, 0.05) is 12.5 Å². The molecule has 7 heteroatoms. The van der Waals surface area contributed by atoms with Crippen LogP contribution in [0.2, 0.25) is 0 Å². The van der Waals surface area contributed by atoms with Crippen molar-refractivity contribution in [2.45, 2.75) is 75.1 Å². The van der Waals surface area contributed by atoms with Gasteiger partial charge < -0.3 is 15.9 Å². The summed E-state index contributed by atoms with van der Waals surface area (Å²) in [6.45, 7) is 7.62. The van der Waals surface area contributed by atoms with Crippen molar-refractivity contribution in [2.75, 3.05) is 0 Å². The maximum atomic E-state index is 14.1. The van der Waals surface area contributed by atoms with E-state index in [1.54, 1.807) is 0 Å². The number of fused-ring (bicyclic) bond motifs is 1. The van der Waals surface area contributed by atoms with E-state index in [0.29, 0.717) is 17.8 Å². The lowest BCUT2D eigenvalue weighted by molar-refractivity contribution is -0.178. The van der Waals surface area contributed by atoms with Crippen LogP contribution in [0.3, 0.4) is 0 Å². The topological polar surface area (TPSA) is 108 Å². The van der Waals surface area contributed by atoms with Gasteiger partial charge in [0.15, 0.2) is 0 Å². The van der Waals surface area contributed by atoms with E-state index in [1.165, 1.54) is 6.42 Å².